The van der Waals surface area contributed by atoms with Crippen LogP contribution in [-0.2, 0) is 12.2 Å². The molecule has 0 fully saturated rings. The van der Waals surface area contributed by atoms with Gasteiger partial charge in [0, 0.05) is 34.3 Å². The van der Waals surface area contributed by atoms with Crippen molar-refractivity contribution in [2.75, 3.05) is 13.7 Å². The molecule has 0 atom stereocenters. The molecule has 10 heteroatoms. The van der Waals surface area contributed by atoms with Crippen LogP contribution in [-0.4, -0.2) is 39.4 Å². The molecule has 164 valence electrons. The molecular formula is C22H19Cl2N5O2S. The van der Waals surface area contributed by atoms with Gasteiger partial charge in [-0.15, -0.1) is 10.2 Å². The highest BCUT2D eigenvalue weighted by Gasteiger charge is 2.11. The van der Waals surface area contributed by atoms with Crippen LogP contribution < -0.4 is 10.1 Å². The van der Waals surface area contributed by atoms with Gasteiger partial charge in [-0.2, -0.15) is 9.61 Å². The summed E-state index contributed by atoms with van der Waals surface area (Å²) in [7, 11) is 1.59. The number of halogens is 2. The van der Waals surface area contributed by atoms with Crippen LogP contribution in [0.25, 0.3) is 5.65 Å². The van der Waals surface area contributed by atoms with Gasteiger partial charge in [-0.3, -0.25) is 4.79 Å². The number of ether oxygens (including phenoxy) is 1. The van der Waals surface area contributed by atoms with Crippen molar-refractivity contribution >= 4 is 46.5 Å². The molecule has 0 aliphatic heterocycles. The molecule has 1 amide bonds. The largest absolute Gasteiger partial charge is 0.497 e. The van der Waals surface area contributed by atoms with E-state index < -0.39 is 0 Å². The molecule has 0 spiro atoms. The SMILES string of the molecule is COc1ccc(C(=O)NCCc2nnc3ccc(SCc4ccc(Cl)cc4Cl)nn23)cc1. The number of carbonyl (C=O) groups excluding carboxylic acids is 1. The minimum absolute atomic E-state index is 0.162. The topological polar surface area (TPSA) is 81.4 Å². The van der Waals surface area contributed by atoms with Gasteiger partial charge >= 0.3 is 0 Å². The fourth-order valence-corrected chi connectivity index (χ4v) is 4.39. The summed E-state index contributed by atoms with van der Waals surface area (Å²) in [5.41, 5.74) is 2.19. The van der Waals surface area contributed by atoms with Gasteiger partial charge in [0.05, 0.1) is 7.11 Å². The zero-order valence-corrected chi connectivity index (χ0v) is 19.4. The predicted octanol–water partition coefficient (Wildman–Crippen LogP) is 4.70. The molecule has 0 aliphatic rings. The van der Waals surface area contributed by atoms with Gasteiger partial charge in [0.25, 0.3) is 5.91 Å². The van der Waals surface area contributed by atoms with Gasteiger partial charge in [0.1, 0.15) is 10.8 Å². The highest BCUT2D eigenvalue weighted by Crippen LogP contribution is 2.27. The number of carbonyl (C=O) groups is 1. The van der Waals surface area contributed by atoms with Crippen molar-refractivity contribution in [2.45, 2.75) is 17.2 Å². The molecule has 0 saturated heterocycles. The maximum atomic E-state index is 12.3. The molecule has 2 aromatic carbocycles. The first-order valence-electron chi connectivity index (χ1n) is 9.74. The van der Waals surface area contributed by atoms with Crippen LogP contribution in [0.4, 0.5) is 0 Å². The number of aromatic nitrogens is 4. The number of nitrogens with zero attached hydrogens (tertiary/aromatic N) is 4. The summed E-state index contributed by atoms with van der Waals surface area (Å²) >= 11 is 13.8. The van der Waals surface area contributed by atoms with Crippen molar-refractivity contribution in [1.29, 1.82) is 0 Å². The highest BCUT2D eigenvalue weighted by atomic mass is 35.5. The molecule has 32 heavy (non-hydrogen) atoms. The van der Waals surface area contributed by atoms with Gasteiger partial charge in [-0.05, 0) is 54.1 Å². The average Bonchev–Trinajstić information content (AvgIpc) is 3.20. The summed E-state index contributed by atoms with van der Waals surface area (Å²) in [6, 6.07) is 16.2. The van der Waals surface area contributed by atoms with E-state index in [2.05, 4.69) is 20.6 Å². The van der Waals surface area contributed by atoms with E-state index in [9.17, 15) is 4.79 Å². The maximum absolute atomic E-state index is 12.3. The zero-order valence-electron chi connectivity index (χ0n) is 17.1. The Bertz CT molecular complexity index is 1250. The summed E-state index contributed by atoms with van der Waals surface area (Å²) < 4.78 is 6.81. The Morgan fingerprint density at radius 3 is 2.66 bits per heavy atom. The molecule has 0 unspecified atom stereocenters. The Kier molecular flexibility index (Phi) is 7.14. The Morgan fingerprint density at radius 1 is 1.09 bits per heavy atom. The van der Waals surface area contributed by atoms with Gasteiger partial charge in [-0.1, -0.05) is 41.0 Å². The Labute approximate surface area is 199 Å². The highest BCUT2D eigenvalue weighted by molar-refractivity contribution is 7.98. The zero-order chi connectivity index (χ0) is 22.5. The summed E-state index contributed by atoms with van der Waals surface area (Å²) in [6.45, 7) is 0.408. The third-order valence-electron chi connectivity index (χ3n) is 4.68. The van der Waals surface area contributed by atoms with Gasteiger partial charge in [0.15, 0.2) is 11.5 Å². The number of methoxy groups -OCH3 is 1. The second kappa shape index (κ2) is 10.2. The number of thioether (sulfide) groups is 1. The first-order valence-corrected chi connectivity index (χ1v) is 11.5. The van der Waals surface area contributed by atoms with Gasteiger partial charge < -0.3 is 10.1 Å². The number of benzene rings is 2. The number of nitrogens with one attached hydrogen (secondary N) is 1. The van der Waals surface area contributed by atoms with Crippen molar-refractivity contribution in [3.63, 3.8) is 0 Å². The maximum Gasteiger partial charge on any atom is 0.251 e. The number of rotatable bonds is 8. The van der Waals surface area contributed by atoms with Crippen molar-refractivity contribution < 1.29 is 9.53 Å². The van der Waals surface area contributed by atoms with E-state index in [-0.39, 0.29) is 5.91 Å². The summed E-state index contributed by atoms with van der Waals surface area (Å²) in [4.78, 5) is 12.3. The number of fused-ring (bicyclic) bond motifs is 1. The van der Waals surface area contributed by atoms with Crippen LogP contribution >= 0.6 is 35.0 Å². The standard InChI is InChI=1S/C22H19Cl2N5O2S/c1-31-17-6-3-14(4-7-17)22(30)25-11-10-20-27-26-19-8-9-21(28-29(19)20)32-13-15-2-5-16(23)12-18(15)24/h2-9,12H,10-11,13H2,1H3,(H,25,30). The lowest BCUT2D eigenvalue weighted by atomic mass is 10.2. The molecule has 2 heterocycles. The number of amides is 1. The van der Waals surface area contributed by atoms with Crippen LogP contribution in [0.5, 0.6) is 5.75 Å². The molecule has 4 rings (SSSR count). The molecule has 0 aliphatic carbocycles. The lowest BCUT2D eigenvalue weighted by Gasteiger charge is -2.07. The predicted molar refractivity (Wildman–Crippen MR) is 126 cm³/mol. The molecule has 7 nitrogen and oxygen atoms in total. The summed E-state index contributed by atoms with van der Waals surface area (Å²) in [6.07, 6.45) is 0.493. The molecule has 0 bridgehead atoms. The third kappa shape index (κ3) is 5.32. The molecule has 4 aromatic rings. The van der Waals surface area contributed by atoms with Crippen molar-refractivity contribution in [3.05, 3.63) is 81.6 Å². The average molecular weight is 488 g/mol. The Balaban J connectivity index is 1.38. The second-order valence-corrected chi connectivity index (χ2v) is 8.66. The van der Waals surface area contributed by atoms with E-state index in [1.54, 1.807) is 53.7 Å². The normalized spacial score (nSPS) is 11.0. The van der Waals surface area contributed by atoms with Crippen LogP contribution in [0.15, 0.2) is 59.6 Å². The minimum Gasteiger partial charge on any atom is -0.497 e. The summed E-state index contributed by atoms with van der Waals surface area (Å²) in [5, 5.41) is 17.9. The lowest BCUT2D eigenvalue weighted by molar-refractivity contribution is 0.0954. The first-order chi connectivity index (χ1) is 15.5. The molecule has 0 radical (unpaired) electrons. The van der Waals surface area contributed by atoms with Crippen molar-refractivity contribution in [2.24, 2.45) is 0 Å². The molecule has 0 saturated carbocycles. The second-order valence-electron chi connectivity index (χ2n) is 6.82. The minimum atomic E-state index is -0.162. The van der Waals surface area contributed by atoms with Crippen molar-refractivity contribution in [3.8, 4) is 5.75 Å². The molecule has 1 N–H and O–H groups in total. The first kappa shape index (κ1) is 22.4. The Hall–Kier alpha value is -2.81. The monoisotopic (exact) mass is 487 g/mol. The summed E-state index contributed by atoms with van der Waals surface area (Å²) in [5.74, 6) is 1.87. The molecule has 2 aromatic heterocycles. The van der Waals surface area contributed by atoms with E-state index in [1.165, 1.54) is 0 Å². The van der Waals surface area contributed by atoms with Gasteiger partial charge in [-0.25, -0.2) is 0 Å². The fraction of sp³-hybridized carbons (Fsp3) is 0.182. The molecular weight excluding hydrogens is 469 g/mol. The van der Waals surface area contributed by atoms with Crippen LogP contribution in [0.3, 0.4) is 0 Å². The van der Waals surface area contributed by atoms with Crippen LogP contribution in [0.2, 0.25) is 10.0 Å². The third-order valence-corrected chi connectivity index (χ3v) is 6.24. The number of hydrogen-bond donors (Lipinski definition) is 1. The van der Waals surface area contributed by atoms with E-state index >= 15 is 0 Å². The smallest absolute Gasteiger partial charge is 0.251 e. The van der Waals surface area contributed by atoms with E-state index in [1.807, 2.05) is 24.3 Å². The van der Waals surface area contributed by atoms with Crippen LogP contribution in [0, 0.1) is 0 Å². The lowest BCUT2D eigenvalue weighted by Crippen LogP contribution is -2.26. The van der Waals surface area contributed by atoms with E-state index in [4.69, 9.17) is 27.9 Å². The Morgan fingerprint density at radius 2 is 1.91 bits per heavy atom. The number of hydrogen-bond acceptors (Lipinski definition) is 6. The van der Waals surface area contributed by atoms with E-state index in [0.717, 1.165) is 10.6 Å². The quantitative estimate of drug-likeness (QED) is 0.362. The van der Waals surface area contributed by atoms with Gasteiger partial charge in [0.2, 0.25) is 0 Å². The van der Waals surface area contributed by atoms with Crippen LogP contribution in [0.1, 0.15) is 21.7 Å². The van der Waals surface area contributed by atoms with E-state index in [0.29, 0.717) is 51.5 Å². The fourth-order valence-electron chi connectivity index (χ4n) is 2.97. The van der Waals surface area contributed by atoms with Crippen molar-refractivity contribution in [1.82, 2.24) is 25.1 Å².